The molecule has 1 saturated heterocycles. The van der Waals surface area contributed by atoms with Crippen LogP contribution < -0.4 is 4.90 Å². The molecule has 1 unspecified atom stereocenters. The molecule has 3 rings (SSSR count). The Morgan fingerprint density at radius 2 is 2.37 bits per heavy atom. The van der Waals surface area contributed by atoms with E-state index in [0.717, 1.165) is 0 Å². The maximum atomic E-state index is 11.9. The van der Waals surface area contributed by atoms with E-state index in [0.29, 0.717) is 36.2 Å². The lowest BCUT2D eigenvalue weighted by Gasteiger charge is -2.14. The van der Waals surface area contributed by atoms with Crippen LogP contribution in [0.15, 0.2) is 35.1 Å². The highest BCUT2D eigenvalue weighted by Crippen LogP contribution is 2.25. The molecule has 3 heterocycles. The van der Waals surface area contributed by atoms with Gasteiger partial charge in [-0.1, -0.05) is 0 Å². The van der Waals surface area contributed by atoms with Gasteiger partial charge in [-0.05, 0) is 24.1 Å². The molecular formula is C13H12ClN3O2. The summed E-state index contributed by atoms with van der Waals surface area (Å²) in [6.07, 6.45) is 3.67. The van der Waals surface area contributed by atoms with Gasteiger partial charge in [-0.15, -0.1) is 11.6 Å². The minimum absolute atomic E-state index is 0.0160. The highest BCUT2D eigenvalue weighted by molar-refractivity contribution is 6.18. The summed E-state index contributed by atoms with van der Waals surface area (Å²) < 4.78 is 5.29. The summed E-state index contributed by atoms with van der Waals surface area (Å²) in [6, 6.07) is 5.36. The van der Waals surface area contributed by atoms with Crippen molar-refractivity contribution in [3.63, 3.8) is 0 Å². The Kier molecular flexibility index (Phi) is 3.21. The van der Waals surface area contributed by atoms with Crippen LogP contribution in [0.5, 0.6) is 0 Å². The summed E-state index contributed by atoms with van der Waals surface area (Å²) in [7, 11) is 0. The molecule has 0 aliphatic carbocycles. The zero-order chi connectivity index (χ0) is 13.2. The molecule has 1 fully saturated rings. The Hall–Kier alpha value is -1.88. The van der Waals surface area contributed by atoms with Crippen LogP contribution in [0, 0.1) is 5.92 Å². The van der Waals surface area contributed by atoms with Gasteiger partial charge >= 0.3 is 0 Å². The first-order valence-electron chi connectivity index (χ1n) is 6.01. The summed E-state index contributed by atoms with van der Waals surface area (Å²) in [5, 5.41) is 0. The molecule has 2 aromatic heterocycles. The van der Waals surface area contributed by atoms with E-state index >= 15 is 0 Å². The maximum Gasteiger partial charge on any atom is 0.232 e. The lowest BCUT2D eigenvalue weighted by molar-refractivity contribution is -0.117. The number of amides is 1. The number of anilines is 1. The zero-order valence-corrected chi connectivity index (χ0v) is 10.9. The highest BCUT2D eigenvalue weighted by Gasteiger charge is 2.31. The van der Waals surface area contributed by atoms with E-state index in [-0.39, 0.29) is 11.8 Å². The summed E-state index contributed by atoms with van der Waals surface area (Å²) >= 11 is 5.80. The van der Waals surface area contributed by atoms with Gasteiger partial charge in [0.1, 0.15) is 5.69 Å². The minimum Gasteiger partial charge on any atom is -0.463 e. The van der Waals surface area contributed by atoms with Gasteiger partial charge in [-0.25, -0.2) is 9.97 Å². The zero-order valence-electron chi connectivity index (χ0n) is 10.1. The summed E-state index contributed by atoms with van der Waals surface area (Å²) in [6.45, 7) is 0.573. The first kappa shape index (κ1) is 12.2. The van der Waals surface area contributed by atoms with Crippen LogP contribution in [0.4, 0.5) is 5.95 Å². The standard InChI is InChI=1S/C13H12ClN3O2/c14-7-9-6-12(18)17(8-9)13-15-4-3-10(16-13)11-2-1-5-19-11/h1-5,9H,6-8H2. The fourth-order valence-electron chi connectivity index (χ4n) is 2.12. The number of hydrogen-bond donors (Lipinski definition) is 0. The molecule has 0 N–H and O–H groups in total. The Morgan fingerprint density at radius 3 is 3.05 bits per heavy atom. The third kappa shape index (κ3) is 2.33. The first-order valence-corrected chi connectivity index (χ1v) is 6.54. The van der Waals surface area contributed by atoms with Crippen LogP contribution in [0.2, 0.25) is 0 Å². The van der Waals surface area contributed by atoms with Gasteiger partial charge in [0, 0.05) is 25.0 Å². The molecule has 6 heteroatoms. The maximum absolute atomic E-state index is 11.9. The average molecular weight is 278 g/mol. The largest absolute Gasteiger partial charge is 0.463 e. The third-order valence-corrected chi connectivity index (χ3v) is 3.52. The number of alkyl halides is 1. The molecule has 2 aromatic rings. The summed E-state index contributed by atoms with van der Waals surface area (Å²) in [4.78, 5) is 22.0. The molecule has 0 radical (unpaired) electrons. The second-order valence-corrected chi connectivity index (χ2v) is 4.76. The molecule has 1 amide bonds. The van der Waals surface area contributed by atoms with Crippen molar-refractivity contribution in [2.45, 2.75) is 6.42 Å². The fourth-order valence-corrected chi connectivity index (χ4v) is 2.32. The molecule has 0 saturated carbocycles. The van der Waals surface area contributed by atoms with E-state index in [2.05, 4.69) is 9.97 Å². The van der Waals surface area contributed by atoms with Crippen LogP contribution in [-0.2, 0) is 4.79 Å². The number of rotatable bonds is 3. The molecule has 19 heavy (non-hydrogen) atoms. The second kappa shape index (κ2) is 5.01. The average Bonchev–Trinajstić information content (AvgIpc) is 3.08. The lowest BCUT2D eigenvalue weighted by atomic mass is 10.2. The minimum atomic E-state index is 0.0160. The summed E-state index contributed by atoms with van der Waals surface area (Å²) in [5.74, 6) is 1.73. The molecule has 0 aromatic carbocycles. The van der Waals surface area contributed by atoms with Crippen molar-refractivity contribution in [1.29, 1.82) is 0 Å². The molecule has 0 spiro atoms. The monoisotopic (exact) mass is 277 g/mol. The number of aromatic nitrogens is 2. The van der Waals surface area contributed by atoms with Crippen LogP contribution >= 0.6 is 11.6 Å². The van der Waals surface area contributed by atoms with Crippen LogP contribution in [0.3, 0.4) is 0 Å². The van der Waals surface area contributed by atoms with E-state index in [9.17, 15) is 4.79 Å². The van der Waals surface area contributed by atoms with Crippen molar-refractivity contribution in [2.75, 3.05) is 17.3 Å². The Morgan fingerprint density at radius 1 is 1.47 bits per heavy atom. The fraction of sp³-hybridized carbons (Fsp3) is 0.308. The number of furan rings is 1. The van der Waals surface area contributed by atoms with Crippen LogP contribution in [0.25, 0.3) is 11.5 Å². The Balaban J connectivity index is 1.90. The van der Waals surface area contributed by atoms with Gasteiger partial charge in [-0.2, -0.15) is 0 Å². The van der Waals surface area contributed by atoms with E-state index < -0.39 is 0 Å². The van der Waals surface area contributed by atoms with E-state index in [1.165, 1.54) is 0 Å². The SMILES string of the molecule is O=C1CC(CCl)CN1c1nccc(-c2ccco2)n1. The molecule has 0 bridgehead atoms. The number of halogens is 1. The third-order valence-electron chi connectivity index (χ3n) is 3.08. The Labute approximate surface area is 115 Å². The predicted octanol–water partition coefficient (Wildman–Crippen LogP) is 2.33. The second-order valence-electron chi connectivity index (χ2n) is 4.45. The Bertz CT molecular complexity index is 585. The number of carbonyl (C=O) groups excluding carboxylic acids is 1. The van der Waals surface area contributed by atoms with Crippen molar-refractivity contribution in [2.24, 2.45) is 5.92 Å². The van der Waals surface area contributed by atoms with E-state index in [4.69, 9.17) is 16.0 Å². The normalized spacial score (nSPS) is 19.1. The quantitative estimate of drug-likeness (QED) is 0.808. The van der Waals surface area contributed by atoms with Gasteiger partial charge in [0.05, 0.1) is 6.26 Å². The van der Waals surface area contributed by atoms with Crippen LogP contribution in [0.1, 0.15) is 6.42 Å². The topological polar surface area (TPSA) is 59.2 Å². The van der Waals surface area contributed by atoms with Crippen molar-refractivity contribution in [3.8, 4) is 11.5 Å². The first-order chi connectivity index (χ1) is 9.28. The number of nitrogens with zero attached hydrogens (tertiary/aromatic N) is 3. The molecule has 1 aliphatic rings. The van der Waals surface area contributed by atoms with Gasteiger partial charge in [0.2, 0.25) is 11.9 Å². The van der Waals surface area contributed by atoms with E-state index in [1.54, 1.807) is 29.5 Å². The van der Waals surface area contributed by atoms with Crippen molar-refractivity contribution < 1.29 is 9.21 Å². The van der Waals surface area contributed by atoms with Gasteiger partial charge in [0.25, 0.3) is 0 Å². The van der Waals surface area contributed by atoms with Crippen molar-refractivity contribution in [3.05, 3.63) is 30.7 Å². The van der Waals surface area contributed by atoms with Crippen LogP contribution in [-0.4, -0.2) is 28.3 Å². The van der Waals surface area contributed by atoms with Gasteiger partial charge < -0.3 is 4.42 Å². The molecule has 1 aliphatic heterocycles. The smallest absolute Gasteiger partial charge is 0.232 e. The molecule has 98 valence electrons. The van der Waals surface area contributed by atoms with Crippen molar-refractivity contribution >= 4 is 23.5 Å². The predicted molar refractivity (Wildman–Crippen MR) is 70.9 cm³/mol. The molecular weight excluding hydrogens is 266 g/mol. The lowest BCUT2D eigenvalue weighted by Crippen LogP contribution is -2.26. The van der Waals surface area contributed by atoms with Gasteiger partial charge in [0.15, 0.2) is 5.76 Å². The highest BCUT2D eigenvalue weighted by atomic mass is 35.5. The van der Waals surface area contributed by atoms with Gasteiger partial charge in [-0.3, -0.25) is 9.69 Å². The number of carbonyl (C=O) groups is 1. The molecule has 5 nitrogen and oxygen atoms in total. The van der Waals surface area contributed by atoms with Crippen molar-refractivity contribution in [1.82, 2.24) is 9.97 Å². The summed E-state index contributed by atoms with van der Waals surface area (Å²) in [5.41, 5.74) is 0.664. The van der Waals surface area contributed by atoms with E-state index in [1.807, 2.05) is 6.07 Å². The molecule has 1 atom stereocenters. The number of hydrogen-bond acceptors (Lipinski definition) is 4.